The minimum atomic E-state index is -0.838. The van der Waals surface area contributed by atoms with Crippen LogP contribution in [-0.2, 0) is 11.2 Å². The van der Waals surface area contributed by atoms with Gasteiger partial charge in [0.25, 0.3) is 5.56 Å². The number of rotatable bonds is 6. The van der Waals surface area contributed by atoms with Crippen molar-refractivity contribution >= 4 is 5.91 Å². The number of H-pyrrole nitrogens is 1. The third-order valence-electron chi connectivity index (χ3n) is 3.67. The summed E-state index contributed by atoms with van der Waals surface area (Å²) >= 11 is 0. The lowest BCUT2D eigenvalue weighted by Gasteiger charge is -2.13. The number of carbonyl (C=O) groups excluding carboxylic acids is 1. The standard InChI is InChI=1S/C17H21N3O4/c1-10-14(17(23)20-11(2)19-10)8-16(22)18-9-15(21)12-4-6-13(24-3)7-5-12/h4-7,15,21H,8-9H2,1-3H3,(H,18,22)(H,19,20,23)/t15-/m0/s1. The molecule has 0 saturated carbocycles. The van der Waals surface area contributed by atoms with Gasteiger partial charge in [0, 0.05) is 17.8 Å². The highest BCUT2D eigenvalue weighted by Gasteiger charge is 2.14. The van der Waals surface area contributed by atoms with Crippen molar-refractivity contribution in [3.63, 3.8) is 0 Å². The van der Waals surface area contributed by atoms with Crippen LogP contribution in [0.4, 0.5) is 0 Å². The van der Waals surface area contributed by atoms with Crippen molar-refractivity contribution in [2.45, 2.75) is 26.4 Å². The van der Waals surface area contributed by atoms with Crippen molar-refractivity contribution in [3.05, 3.63) is 57.3 Å². The Morgan fingerprint density at radius 3 is 2.58 bits per heavy atom. The second kappa shape index (κ2) is 7.74. The molecule has 0 spiro atoms. The highest BCUT2D eigenvalue weighted by Crippen LogP contribution is 2.16. The van der Waals surface area contributed by atoms with E-state index in [1.165, 1.54) is 0 Å². The number of aliphatic hydroxyl groups excluding tert-OH is 1. The van der Waals surface area contributed by atoms with E-state index in [9.17, 15) is 14.7 Å². The van der Waals surface area contributed by atoms with Crippen LogP contribution in [-0.4, -0.2) is 34.6 Å². The Morgan fingerprint density at radius 2 is 2.00 bits per heavy atom. The highest BCUT2D eigenvalue weighted by atomic mass is 16.5. The van der Waals surface area contributed by atoms with Gasteiger partial charge in [0.1, 0.15) is 11.6 Å². The van der Waals surface area contributed by atoms with Crippen LogP contribution in [0.2, 0.25) is 0 Å². The third-order valence-corrected chi connectivity index (χ3v) is 3.67. The van der Waals surface area contributed by atoms with Crippen molar-refractivity contribution in [3.8, 4) is 5.75 Å². The molecular formula is C17H21N3O4. The summed E-state index contributed by atoms with van der Waals surface area (Å²) < 4.78 is 5.05. The number of aryl methyl sites for hydroxylation is 2. The van der Waals surface area contributed by atoms with Crippen LogP contribution in [0.3, 0.4) is 0 Å². The molecule has 1 amide bonds. The predicted molar refractivity (Wildman–Crippen MR) is 89.0 cm³/mol. The summed E-state index contributed by atoms with van der Waals surface area (Å²) in [5.74, 6) is 0.856. The van der Waals surface area contributed by atoms with Gasteiger partial charge in [-0.3, -0.25) is 9.59 Å². The number of aromatic nitrogens is 2. The number of methoxy groups -OCH3 is 1. The maximum absolute atomic E-state index is 12.0. The molecule has 0 radical (unpaired) electrons. The van der Waals surface area contributed by atoms with Gasteiger partial charge in [-0.2, -0.15) is 0 Å². The molecule has 1 aromatic heterocycles. The van der Waals surface area contributed by atoms with Crippen molar-refractivity contribution in [1.29, 1.82) is 0 Å². The first-order valence-corrected chi connectivity index (χ1v) is 7.55. The van der Waals surface area contributed by atoms with Crippen molar-refractivity contribution in [2.75, 3.05) is 13.7 Å². The molecule has 2 rings (SSSR count). The van der Waals surface area contributed by atoms with Crippen LogP contribution in [0, 0.1) is 13.8 Å². The van der Waals surface area contributed by atoms with Gasteiger partial charge in [-0.1, -0.05) is 12.1 Å². The summed E-state index contributed by atoms with van der Waals surface area (Å²) in [4.78, 5) is 30.6. The first-order chi connectivity index (χ1) is 11.4. The molecule has 2 aromatic rings. The number of hydrogen-bond donors (Lipinski definition) is 3. The normalized spacial score (nSPS) is 11.8. The lowest BCUT2D eigenvalue weighted by molar-refractivity contribution is -0.120. The third kappa shape index (κ3) is 4.42. The molecule has 7 nitrogen and oxygen atoms in total. The molecule has 0 aliphatic carbocycles. The molecule has 0 aliphatic rings. The van der Waals surface area contributed by atoms with Crippen LogP contribution in [0.15, 0.2) is 29.1 Å². The van der Waals surface area contributed by atoms with Gasteiger partial charge in [-0.05, 0) is 31.5 Å². The number of aliphatic hydroxyl groups is 1. The van der Waals surface area contributed by atoms with Gasteiger partial charge in [0.15, 0.2) is 0 Å². The quantitative estimate of drug-likeness (QED) is 0.726. The summed E-state index contributed by atoms with van der Waals surface area (Å²) in [6.07, 6.45) is -0.917. The lowest BCUT2D eigenvalue weighted by Crippen LogP contribution is -2.32. The Hall–Kier alpha value is -2.67. The number of amides is 1. The summed E-state index contributed by atoms with van der Waals surface area (Å²) in [5.41, 5.74) is 1.21. The van der Waals surface area contributed by atoms with Gasteiger partial charge >= 0.3 is 0 Å². The average molecular weight is 331 g/mol. The Labute approximate surface area is 139 Å². The second-order valence-corrected chi connectivity index (χ2v) is 5.49. The summed E-state index contributed by atoms with van der Waals surface area (Å²) in [6, 6.07) is 6.94. The highest BCUT2D eigenvalue weighted by molar-refractivity contribution is 5.78. The van der Waals surface area contributed by atoms with Gasteiger partial charge < -0.3 is 20.1 Å². The number of benzene rings is 1. The van der Waals surface area contributed by atoms with Gasteiger partial charge in [-0.15, -0.1) is 0 Å². The molecule has 3 N–H and O–H groups in total. The molecule has 1 atom stereocenters. The zero-order valence-electron chi connectivity index (χ0n) is 13.9. The fraction of sp³-hybridized carbons (Fsp3) is 0.353. The van der Waals surface area contributed by atoms with E-state index in [4.69, 9.17) is 4.74 Å². The predicted octanol–water partition coefficient (Wildman–Crippen LogP) is 0.788. The number of nitrogens with one attached hydrogen (secondary N) is 2. The molecule has 0 fully saturated rings. The van der Waals surface area contributed by atoms with Crippen LogP contribution in [0.25, 0.3) is 0 Å². The zero-order chi connectivity index (χ0) is 17.7. The minimum absolute atomic E-state index is 0.0569. The fourth-order valence-electron chi connectivity index (χ4n) is 2.34. The zero-order valence-corrected chi connectivity index (χ0v) is 13.9. The Balaban J connectivity index is 1.94. The maximum atomic E-state index is 12.0. The van der Waals surface area contributed by atoms with E-state index < -0.39 is 6.10 Å². The van der Waals surface area contributed by atoms with E-state index in [1.807, 2.05) is 0 Å². The lowest BCUT2D eigenvalue weighted by atomic mass is 10.1. The molecular weight excluding hydrogens is 310 g/mol. The number of nitrogens with zero attached hydrogens (tertiary/aromatic N) is 1. The first kappa shape index (κ1) is 17.7. The second-order valence-electron chi connectivity index (χ2n) is 5.49. The molecule has 1 heterocycles. The molecule has 0 bridgehead atoms. The van der Waals surface area contributed by atoms with E-state index in [0.717, 1.165) is 0 Å². The topological polar surface area (TPSA) is 104 Å². The summed E-state index contributed by atoms with van der Waals surface area (Å²) in [6.45, 7) is 3.43. The summed E-state index contributed by atoms with van der Waals surface area (Å²) in [5, 5.41) is 12.7. The van der Waals surface area contributed by atoms with Crippen LogP contribution >= 0.6 is 0 Å². The van der Waals surface area contributed by atoms with E-state index in [2.05, 4.69) is 15.3 Å². The van der Waals surface area contributed by atoms with E-state index in [0.29, 0.717) is 28.4 Å². The summed E-state index contributed by atoms with van der Waals surface area (Å²) in [7, 11) is 1.56. The van der Waals surface area contributed by atoms with Gasteiger partial charge in [0.2, 0.25) is 5.91 Å². The minimum Gasteiger partial charge on any atom is -0.497 e. The Morgan fingerprint density at radius 1 is 1.33 bits per heavy atom. The molecule has 1 aromatic carbocycles. The monoisotopic (exact) mass is 331 g/mol. The van der Waals surface area contributed by atoms with Crippen LogP contribution in [0.1, 0.15) is 28.7 Å². The van der Waals surface area contributed by atoms with Crippen molar-refractivity contribution in [2.24, 2.45) is 0 Å². The molecule has 7 heteroatoms. The molecule has 24 heavy (non-hydrogen) atoms. The first-order valence-electron chi connectivity index (χ1n) is 7.55. The van der Waals surface area contributed by atoms with E-state index >= 15 is 0 Å². The SMILES string of the molecule is COc1ccc([C@@H](O)CNC(=O)Cc2c(C)nc(C)[nH]c2=O)cc1. The van der Waals surface area contributed by atoms with Gasteiger partial charge in [0.05, 0.1) is 19.6 Å². The molecule has 0 unspecified atom stereocenters. The average Bonchev–Trinajstić information content (AvgIpc) is 2.56. The number of hydrogen-bond acceptors (Lipinski definition) is 5. The molecule has 0 saturated heterocycles. The molecule has 0 aliphatic heterocycles. The van der Waals surface area contributed by atoms with E-state index in [-0.39, 0.29) is 24.4 Å². The number of aromatic amines is 1. The largest absolute Gasteiger partial charge is 0.497 e. The van der Waals surface area contributed by atoms with E-state index in [1.54, 1.807) is 45.2 Å². The fourth-order valence-corrected chi connectivity index (χ4v) is 2.34. The Kier molecular flexibility index (Phi) is 5.70. The maximum Gasteiger partial charge on any atom is 0.254 e. The Bertz CT molecular complexity index is 768. The number of ether oxygens (including phenoxy) is 1. The smallest absolute Gasteiger partial charge is 0.254 e. The van der Waals surface area contributed by atoms with Crippen LogP contribution < -0.4 is 15.6 Å². The van der Waals surface area contributed by atoms with Crippen LogP contribution in [0.5, 0.6) is 5.75 Å². The van der Waals surface area contributed by atoms with Crippen molar-refractivity contribution in [1.82, 2.24) is 15.3 Å². The van der Waals surface area contributed by atoms with Crippen molar-refractivity contribution < 1.29 is 14.6 Å². The number of carbonyl (C=O) groups is 1. The van der Waals surface area contributed by atoms with Gasteiger partial charge in [-0.25, -0.2) is 4.98 Å². The molecule has 128 valence electrons.